The zero-order valence-corrected chi connectivity index (χ0v) is 6.35. The summed E-state index contributed by atoms with van der Waals surface area (Å²) in [6.45, 7) is 0. The fourth-order valence-corrected chi connectivity index (χ4v) is 0.836. The Bertz CT molecular complexity index is 154. The van der Waals surface area contributed by atoms with Crippen molar-refractivity contribution in [2.45, 2.75) is 4.57 Å². The third-order valence-electron chi connectivity index (χ3n) is 1.04. The van der Waals surface area contributed by atoms with E-state index >= 15 is 0 Å². The van der Waals surface area contributed by atoms with Crippen molar-refractivity contribution in [3.63, 3.8) is 0 Å². The molecule has 4 heteroatoms. The van der Waals surface area contributed by atoms with Crippen molar-refractivity contribution in [3.8, 4) is 0 Å². The molecule has 0 saturated heterocycles. The van der Waals surface area contributed by atoms with Crippen molar-refractivity contribution < 1.29 is 0 Å². The summed E-state index contributed by atoms with van der Waals surface area (Å²) in [5.41, 5.74) is 2.55. The Morgan fingerprint density at radius 3 is 2.67 bits per heavy atom. The lowest BCUT2D eigenvalue weighted by atomic mass is 10.3. The summed E-state index contributed by atoms with van der Waals surface area (Å²) in [7, 11) is 0. The molecule has 0 aliphatic carbocycles. The third kappa shape index (κ3) is 1.54. The number of hydrazine groups is 1. The first-order valence-corrected chi connectivity index (χ1v) is 3.35. The lowest BCUT2D eigenvalue weighted by molar-refractivity contribution is 0.529. The summed E-state index contributed by atoms with van der Waals surface area (Å²) in [4.78, 5) is 0. The van der Waals surface area contributed by atoms with Gasteiger partial charge in [0.05, 0.1) is 0 Å². The molecule has 4 N–H and O–H groups in total. The van der Waals surface area contributed by atoms with Gasteiger partial charge in [0, 0.05) is 0 Å². The van der Waals surface area contributed by atoms with Gasteiger partial charge in [-0.15, -0.1) is 0 Å². The van der Waals surface area contributed by atoms with Crippen LogP contribution >= 0.6 is 15.9 Å². The second-order valence-electron chi connectivity index (χ2n) is 1.72. The van der Waals surface area contributed by atoms with Crippen molar-refractivity contribution in [3.05, 3.63) is 24.4 Å². The molecule has 1 rings (SSSR count). The Hall–Kier alpha value is -0.320. The molecule has 1 heterocycles. The highest BCUT2D eigenvalue weighted by Crippen LogP contribution is 2.12. The van der Waals surface area contributed by atoms with E-state index in [4.69, 9.17) is 5.84 Å². The monoisotopic (exact) mass is 189 g/mol. The number of allylic oxidation sites excluding steroid dienone is 2. The van der Waals surface area contributed by atoms with Gasteiger partial charge in [-0.05, 0) is 34.3 Å². The van der Waals surface area contributed by atoms with E-state index in [1.807, 2.05) is 18.2 Å². The largest absolute Gasteiger partial charge is 0.360 e. The molecule has 0 aromatic heterocycles. The average Bonchev–Trinajstić information content (AvgIpc) is 1.90. The quantitative estimate of drug-likeness (QED) is 0.239. The Morgan fingerprint density at radius 2 is 2.33 bits per heavy atom. The van der Waals surface area contributed by atoms with E-state index in [1.165, 1.54) is 0 Å². The second-order valence-corrected chi connectivity index (χ2v) is 2.97. The number of nitrogens with one attached hydrogen (secondary N) is 2. The Kier molecular flexibility index (Phi) is 1.90. The molecular formula is C5H8BrN3. The fourth-order valence-electron chi connectivity index (χ4n) is 0.551. The minimum absolute atomic E-state index is 0.457. The molecule has 0 fully saturated rings. The van der Waals surface area contributed by atoms with E-state index in [0.29, 0.717) is 0 Å². The standard InChI is InChI=1S/C5H8BrN3/c6-5(9-7)3-1-2-4-8-5/h1-4,8-9H,7H2. The van der Waals surface area contributed by atoms with Gasteiger partial charge in [0.2, 0.25) is 0 Å². The highest BCUT2D eigenvalue weighted by molar-refractivity contribution is 9.10. The van der Waals surface area contributed by atoms with Crippen molar-refractivity contribution in [1.82, 2.24) is 10.7 Å². The SMILES string of the molecule is NNC1(Br)C=CC=CN1. The van der Waals surface area contributed by atoms with E-state index in [0.717, 1.165) is 0 Å². The van der Waals surface area contributed by atoms with Gasteiger partial charge in [0.15, 0.2) is 4.57 Å². The number of halogens is 1. The van der Waals surface area contributed by atoms with Crippen LogP contribution in [0.4, 0.5) is 0 Å². The number of alkyl halides is 1. The first-order valence-electron chi connectivity index (χ1n) is 2.56. The van der Waals surface area contributed by atoms with Crippen LogP contribution in [0.15, 0.2) is 24.4 Å². The van der Waals surface area contributed by atoms with Crippen LogP contribution in [-0.2, 0) is 0 Å². The first-order chi connectivity index (χ1) is 4.27. The maximum Gasteiger partial charge on any atom is 0.177 e. The molecule has 0 saturated carbocycles. The Balaban J connectivity index is 2.63. The number of rotatable bonds is 1. The fraction of sp³-hybridized carbons (Fsp3) is 0.200. The van der Waals surface area contributed by atoms with Crippen molar-refractivity contribution in [1.29, 1.82) is 0 Å². The number of nitrogens with two attached hydrogens (primary N) is 1. The second kappa shape index (κ2) is 2.51. The van der Waals surface area contributed by atoms with Gasteiger partial charge in [-0.1, -0.05) is 6.08 Å². The first kappa shape index (κ1) is 6.80. The normalized spacial score (nSPS) is 32.2. The zero-order valence-electron chi connectivity index (χ0n) is 4.76. The molecular weight excluding hydrogens is 182 g/mol. The van der Waals surface area contributed by atoms with Crippen molar-refractivity contribution >= 4 is 15.9 Å². The van der Waals surface area contributed by atoms with Crippen molar-refractivity contribution in [2.24, 2.45) is 5.84 Å². The van der Waals surface area contributed by atoms with Crippen LogP contribution in [0.25, 0.3) is 0 Å². The minimum Gasteiger partial charge on any atom is -0.360 e. The van der Waals surface area contributed by atoms with E-state index in [2.05, 4.69) is 26.7 Å². The molecule has 0 aromatic rings. The highest BCUT2D eigenvalue weighted by atomic mass is 79.9. The van der Waals surface area contributed by atoms with Gasteiger partial charge in [0.1, 0.15) is 0 Å². The predicted molar refractivity (Wildman–Crippen MR) is 40.4 cm³/mol. The summed E-state index contributed by atoms with van der Waals surface area (Å²) in [5, 5.41) is 2.96. The molecule has 0 bridgehead atoms. The van der Waals surface area contributed by atoms with Gasteiger partial charge in [-0.2, -0.15) is 0 Å². The van der Waals surface area contributed by atoms with Crippen LogP contribution in [-0.4, -0.2) is 4.57 Å². The van der Waals surface area contributed by atoms with Crippen LogP contribution < -0.4 is 16.6 Å². The molecule has 50 valence electrons. The molecule has 1 atom stereocenters. The topological polar surface area (TPSA) is 50.1 Å². The maximum atomic E-state index is 5.19. The summed E-state index contributed by atoms with van der Waals surface area (Å²) >= 11 is 3.31. The highest BCUT2D eigenvalue weighted by Gasteiger charge is 2.18. The lowest BCUT2D eigenvalue weighted by Gasteiger charge is -2.24. The maximum absolute atomic E-state index is 5.19. The molecule has 0 radical (unpaired) electrons. The van der Waals surface area contributed by atoms with E-state index in [9.17, 15) is 0 Å². The molecule has 0 amide bonds. The van der Waals surface area contributed by atoms with Gasteiger partial charge in [0.25, 0.3) is 0 Å². The summed E-state index contributed by atoms with van der Waals surface area (Å²) in [6.07, 6.45) is 7.45. The molecule has 1 unspecified atom stereocenters. The zero-order chi connectivity index (χ0) is 6.74. The van der Waals surface area contributed by atoms with Crippen molar-refractivity contribution in [2.75, 3.05) is 0 Å². The smallest absolute Gasteiger partial charge is 0.177 e. The number of hydrogen-bond donors (Lipinski definition) is 3. The van der Waals surface area contributed by atoms with Crippen LogP contribution in [0.2, 0.25) is 0 Å². The molecule has 1 aliphatic heterocycles. The van der Waals surface area contributed by atoms with Crippen LogP contribution in [0.1, 0.15) is 0 Å². The van der Waals surface area contributed by atoms with Gasteiger partial charge < -0.3 is 5.32 Å². The average molecular weight is 190 g/mol. The third-order valence-corrected chi connectivity index (χ3v) is 1.76. The van der Waals surface area contributed by atoms with Gasteiger partial charge in [-0.3, -0.25) is 5.84 Å². The van der Waals surface area contributed by atoms with Crippen LogP contribution in [0.5, 0.6) is 0 Å². The molecule has 0 spiro atoms. The van der Waals surface area contributed by atoms with E-state index in [1.54, 1.807) is 6.20 Å². The molecule has 1 aliphatic rings. The molecule has 0 aromatic carbocycles. The van der Waals surface area contributed by atoms with E-state index < -0.39 is 4.57 Å². The molecule has 3 nitrogen and oxygen atoms in total. The lowest BCUT2D eigenvalue weighted by Crippen LogP contribution is -2.52. The van der Waals surface area contributed by atoms with E-state index in [-0.39, 0.29) is 0 Å². The molecule has 9 heavy (non-hydrogen) atoms. The Morgan fingerprint density at radius 1 is 1.56 bits per heavy atom. The van der Waals surface area contributed by atoms with Crippen LogP contribution in [0, 0.1) is 0 Å². The van der Waals surface area contributed by atoms with Crippen LogP contribution in [0.3, 0.4) is 0 Å². The predicted octanol–water partition coefficient (Wildman–Crippen LogP) is 0.172. The summed E-state index contributed by atoms with van der Waals surface area (Å²) < 4.78 is -0.457. The summed E-state index contributed by atoms with van der Waals surface area (Å²) in [6, 6.07) is 0. The van der Waals surface area contributed by atoms with Gasteiger partial charge >= 0.3 is 0 Å². The number of dihydropyridines is 1. The van der Waals surface area contributed by atoms with Gasteiger partial charge in [-0.25, -0.2) is 5.43 Å². The Labute approximate surface area is 62.1 Å². The summed E-state index contributed by atoms with van der Waals surface area (Å²) in [5.74, 6) is 5.19. The number of hydrogen-bond acceptors (Lipinski definition) is 3. The minimum atomic E-state index is -0.457.